The Morgan fingerprint density at radius 1 is 1.55 bits per heavy atom. The maximum absolute atomic E-state index is 13.8. The molecule has 1 aromatic rings. The third-order valence-electron chi connectivity index (χ3n) is 3.69. The molecule has 1 amide bonds. The van der Waals surface area contributed by atoms with Crippen molar-refractivity contribution in [2.45, 2.75) is 26.4 Å². The zero-order valence-corrected chi connectivity index (χ0v) is 11.8. The second-order valence-corrected chi connectivity index (χ2v) is 5.13. The summed E-state index contributed by atoms with van der Waals surface area (Å²) in [6.07, 6.45) is 0.212. The first kappa shape index (κ1) is 14.8. The maximum atomic E-state index is 13.8. The Balaban J connectivity index is 2.23. The van der Waals surface area contributed by atoms with Crippen molar-refractivity contribution in [2.75, 3.05) is 19.7 Å². The predicted molar refractivity (Wildman–Crippen MR) is 73.3 cm³/mol. The highest BCUT2D eigenvalue weighted by Crippen LogP contribution is 2.26. The summed E-state index contributed by atoms with van der Waals surface area (Å²) in [6.45, 7) is 4.84. The SMILES string of the molecule is CCOc1c(F)cccc1C(=O)N1CCC(C)C(O)C1. The molecule has 2 unspecified atom stereocenters. The van der Waals surface area contributed by atoms with E-state index in [0.29, 0.717) is 13.2 Å². The van der Waals surface area contributed by atoms with Crippen LogP contribution in [0.25, 0.3) is 0 Å². The van der Waals surface area contributed by atoms with Gasteiger partial charge in [-0.1, -0.05) is 13.0 Å². The molecule has 5 heteroatoms. The number of amides is 1. The van der Waals surface area contributed by atoms with Crippen LogP contribution in [0.2, 0.25) is 0 Å². The van der Waals surface area contributed by atoms with Crippen molar-refractivity contribution < 1.29 is 19.0 Å². The minimum absolute atomic E-state index is 0.00638. The molecule has 1 aliphatic heterocycles. The van der Waals surface area contributed by atoms with E-state index in [4.69, 9.17) is 4.74 Å². The number of benzene rings is 1. The average molecular weight is 281 g/mol. The molecule has 0 aliphatic carbocycles. The van der Waals surface area contributed by atoms with Crippen molar-refractivity contribution in [2.24, 2.45) is 5.92 Å². The summed E-state index contributed by atoms with van der Waals surface area (Å²) >= 11 is 0. The van der Waals surface area contributed by atoms with E-state index in [9.17, 15) is 14.3 Å². The molecular formula is C15H20FNO3. The number of halogens is 1. The third-order valence-corrected chi connectivity index (χ3v) is 3.69. The van der Waals surface area contributed by atoms with Gasteiger partial charge in [-0.3, -0.25) is 4.79 Å². The number of nitrogens with zero attached hydrogens (tertiary/aromatic N) is 1. The Morgan fingerprint density at radius 2 is 2.30 bits per heavy atom. The Bertz CT molecular complexity index is 492. The van der Waals surface area contributed by atoms with Gasteiger partial charge in [0.05, 0.1) is 18.3 Å². The van der Waals surface area contributed by atoms with Gasteiger partial charge in [0.25, 0.3) is 5.91 Å². The van der Waals surface area contributed by atoms with Gasteiger partial charge in [-0.15, -0.1) is 0 Å². The first-order valence-corrected chi connectivity index (χ1v) is 6.93. The van der Waals surface area contributed by atoms with Crippen molar-refractivity contribution in [3.8, 4) is 5.75 Å². The van der Waals surface area contributed by atoms with E-state index < -0.39 is 11.9 Å². The van der Waals surface area contributed by atoms with Crippen LogP contribution in [-0.4, -0.2) is 41.7 Å². The van der Waals surface area contributed by atoms with Crippen LogP contribution in [0.1, 0.15) is 30.6 Å². The Labute approximate surface area is 118 Å². The van der Waals surface area contributed by atoms with Crippen LogP contribution in [-0.2, 0) is 0 Å². The smallest absolute Gasteiger partial charge is 0.257 e. The zero-order chi connectivity index (χ0) is 14.7. The summed E-state index contributed by atoms with van der Waals surface area (Å²) in [7, 11) is 0. The largest absolute Gasteiger partial charge is 0.490 e. The van der Waals surface area contributed by atoms with Crippen LogP contribution < -0.4 is 4.74 Å². The highest BCUT2D eigenvalue weighted by molar-refractivity contribution is 5.97. The monoisotopic (exact) mass is 281 g/mol. The number of aliphatic hydroxyl groups is 1. The summed E-state index contributed by atoms with van der Waals surface area (Å²) < 4.78 is 19.0. The van der Waals surface area contributed by atoms with Gasteiger partial charge >= 0.3 is 0 Å². The number of likely N-dealkylation sites (tertiary alicyclic amines) is 1. The van der Waals surface area contributed by atoms with Crippen LogP contribution in [0.5, 0.6) is 5.75 Å². The lowest BCUT2D eigenvalue weighted by molar-refractivity contribution is 0.0246. The molecule has 0 aromatic heterocycles. The van der Waals surface area contributed by atoms with E-state index in [2.05, 4.69) is 0 Å². The predicted octanol–water partition coefficient (Wildman–Crippen LogP) is 2.07. The van der Waals surface area contributed by atoms with Gasteiger partial charge in [0.2, 0.25) is 0 Å². The topological polar surface area (TPSA) is 49.8 Å². The number of hydrogen-bond acceptors (Lipinski definition) is 3. The van der Waals surface area contributed by atoms with Crippen LogP contribution in [0.15, 0.2) is 18.2 Å². The second kappa shape index (κ2) is 6.22. The summed E-state index contributed by atoms with van der Waals surface area (Å²) in [6, 6.07) is 4.32. The lowest BCUT2D eigenvalue weighted by Gasteiger charge is -2.34. The number of carbonyl (C=O) groups excluding carboxylic acids is 1. The molecule has 20 heavy (non-hydrogen) atoms. The normalized spacial score (nSPS) is 22.7. The minimum Gasteiger partial charge on any atom is -0.490 e. The molecule has 1 aromatic carbocycles. The van der Waals surface area contributed by atoms with Crippen molar-refractivity contribution >= 4 is 5.91 Å². The number of ether oxygens (including phenoxy) is 1. The molecule has 1 saturated heterocycles. The molecule has 1 N–H and O–H groups in total. The first-order valence-electron chi connectivity index (χ1n) is 6.93. The van der Waals surface area contributed by atoms with Gasteiger partial charge in [0, 0.05) is 13.1 Å². The van der Waals surface area contributed by atoms with Crippen molar-refractivity contribution in [3.05, 3.63) is 29.6 Å². The summed E-state index contributed by atoms with van der Waals surface area (Å²) in [4.78, 5) is 14.0. The number of rotatable bonds is 3. The Morgan fingerprint density at radius 3 is 2.95 bits per heavy atom. The van der Waals surface area contributed by atoms with Crippen molar-refractivity contribution in [3.63, 3.8) is 0 Å². The number of aliphatic hydroxyl groups excluding tert-OH is 1. The number of carbonyl (C=O) groups is 1. The molecule has 110 valence electrons. The van der Waals surface area contributed by atoms with Gasteiger partial charge in [-0.2, -0.15) is 0 Å². The molecule has 1 aliphatic rings. The van der Waals surface area contributed by atoms with Gasteiger partial charge in [-0.25, -0.2) is 4.39 Å². The molecule has 0 spiro atoms. The van der Waals surface area contributed by atoms with Crippen molar-refractivity contribution in [1.82, 2.24) is 4.90 Å². The van der Waals surface area contributed by atoms with E-state index in [1.54, 1.807) is 17.9 Å². The molecule has 1 fully saturated rings. The van der Waals surface area contributed by atoms with E-state index in [1.165, 1.54) is 12.1 Å². The lowest BCUT2D eigenvalue weighted by Crippen LogP contribution is -2.45. The number of para-hydroxylation sites is 1. The molecule has 0 radical (unpaired) electrons. The second-order valence-electron chi connectivity index (χ2n) is 5.13. The average Bonchev–Trinajstić information content (AvgIpc) is 2.43. The Hall–Kier alpha value is -1.62. The van der Waals surface area contributed by atoms with Crippen LogP contribution in [0, 0.1) is 11.7 Å². The van der Waals surface area contributed by atoms with E-state index in [-0.39, 0.29) is 29.7 Å². The standard InChI is InChI=1S/C15H20FNO3/c1-3-20-14-11(5-4-6-12(14)16)15(19)17-8-7-10(2)13(18)9-17/h4-6,10,13,18H,3,7-9H2,1-2H3. The van der Waals surface area contributed by atoms with Gasteiger partial charge in [-0.05, 0) is 31.4 Å². The Kier molecular flexibility index (Phi) is 4.60. The fourth-order valence-corrected chi connectivity index (χ4v) is 2.37. The number of hydrogen-bond donors (Lipinski definition) is 1. The highest BCUT2D eigenvalue weighted by Gasteiger charge is 2.29. The molecule has 0 bridgehead atoms. The molecule has 4 nitrogen and oxygen atoms in total. The summed E-state index contributed by atoms with van der Waals surface area (Å²) in [5.74, 6) is -0.659. The van der Waals surface area contributed by atoms with Crippen molar-refractivity contribution in [1.29, 1.82) is 0 Å². The number of β-amino-alcohol motifs (C(OH)–C–C–N with tert-alkyl or cyclic N) is 1. The molecule has 2 atom stereocenters. The molecule has 1 heterocycles. The fourth-order valence-electron chi connectivity index (χ4n) is 2.37. The summed E-state index contributed by atoms with van der Waals surface area (Å²) in [5, 5.41) is 9.87. The molecular weight excluding hydrogens is 261 g/mol. The quantitative estimate of drug-likeness (QED) is 0.922. The number of piperidine rings is 1. The first-order chi connectivity index (χ1) is 9.54. The summed E-state index contributed by atoms with van der Waals surface area (Å²) in [5.41, 5.74) is 0.216. The van der Waals surface area contributed by atoms with Gasteiger partial charge < -0.3 is 14.7 Å². The van der Waals surface area contributed by atoms with Crippen LogP contribution in [0.3, 0.4) is 0 Å². The van der Waals surface area contributed by atoms with Gasteiger partial charge in [0.1, 0.15) is 0 Å². The maximum Gasteiger partial charge on any atom is 0.257 e. The molecule has 0 saturated carbocycles. The molecule has 2 rings (SSSR count). The zero-order valence-electron chi connectivity index (χ0n) is 11.8. The lowest BCUT2D eigenvalue weighted by atomic mass is 9.95. The van der Waals surface area contributed by atoms with Crippen LogP contribution in [0.4, 0.5) is 4.39 Å². The van der Waals surface area contributed by atoms with E-state index in [1.807, 2.05) is 6.92 Å². The minimum atomic E-state index is -0.538. The highest BCUT2D eigenvalue weighted by atomic mass is 19.1. The van der Waals surface area contributed by atoms with E-state index in [0.717, 1.165) is 6.42 Å². The van der Waals surface area contributed by atoms with Gasteiger partial charge in [0.15, 0.2) is 11.6 Å². The fraction of sp³-hybridized carbons (Fsp3) is 0.533. The van der Waals surface area contributed by atoms with E-state index >= 15 is 0 Å². The van der Waals surface area contributed by atoms with Crippen LogP contribution >= 0.6 is 0 Å². The third kappa shape index (κ3) is 2.93.